The van der Waals surface area contributed by atoms with E-state index in [0.717, 1.165) is 11.1 Å². The fourth-order valence-electron chi connectivity index (χ4n) is 1.61. The van der Waals surface area contributed by atoms with Crippen molar-refractivity contribution in [2.45, 2.75) is 13.8 Å². The van der Waals surface area contributed by atoms with Gasteiger partial charge >= 0.3 is 11.9 Å². The maximum atomic E-state index is 11.2. The molecule has 18 heavy (non-hydrogen) atoms. The summed E-state index contributed by atoms with van der Waals surface area (Å²) in [5.41, 5.74) is 1.91. The molecule has 0 bridgehead atoms. The summed E-state index contributed by atoms with van der Waals surface area (Å²) in [4.78, 5) is 21.7. The highest BCUT2D eigenvalue weighted by Crippen LogP contribution is 2.36. The summed E-state index contributed by atoms with van der Waals surface area (Å²) < 4.78 is 10.3. The van der Waals surface area contributed by atoms with Gasteiger partial charge in [-0.1, -0.05) is 0 Å². The molecule has 0 saturated heterocycles. The smallest absolute Gasteiger partial charge is 0.394 e. The van der Waals surface area contributed by atoms with E-state index < -0.39 is 11.9 Å². The maximum absolute atomic E-state index is 11.2. The van der Waals surface area contributed by atoms with Crippen molar-refractivity contribution in [1.29, 1.82) is 0 Å². The third-order valence-electron chi connectivity index (χ3n) is 2.66. The third kappa shape index (κ3) is 2.53. The van der Waals surface area contributed by atoms with E-state index in [9.17, 15) is 9.59 Å². The maximum Gasteiger partial charge on any atom is 0.394 e. The molecule has 98 valence electrons. The van der Waals surface area contributed by atoms with E-state index in [2.05, 4.69) is 5.32 Å². The van der Waals surface area contributed by atoms with Crippen LogP contribution >= 0.6 is 0 Å². The number of hydrogen-bond acceptors (Lipinski definition) is 4. The Balaban J connectivity index is 3.29. The summed E-state index contributed by atoms with van der Waals surface area (Å²) >= 11 is 0. The van der Waals surface area contributed by atoms with Gasteiger partial charge in [-0.2, -0.15) is 0 Å². The zero-order valence-corrected chi connectivity index (χ0v) is 10.7. The fraction of sp³-hybridized carbons (Fsp3) is 0.333. The molecule has 0 fully saturated rings. The minimum atomic E-state index is -1.56. The molecule has 0 aliphatic carbocycles. The van der Waals surface area contributed by atoms with Crippen molar-refractivity contribution in [3.8, 4) is 11.5 Å². The molecule has 0 unspecified atom stereocenters. The fourth-order valence-corrected chi connectivity index (χ4v) is 1.61. The Labute approximate surface area is 105 Å². The van der Waals surface area contributed by atoms with Crippen molar-refractivity contribution in [3.05, 3.63) is 17.2 Å². The number of anilines is 1. The van der Waals surface area contributed by atoms with E-state index in [0.29, 0.717) is 11.5 Å². The lowest BCUT2D eigenvalue weighted by Gasteiger charge is -2.16. The molecular weight excluding hydrogens is 238 g/mol. The van der Waals surface area contributed by atoms with Crippen molar-refractivity contribution in [3.63, 3.8) is 0 Å². The SMILES string of the molecule is COc1cc(NC(=O)C(=O)O)c(OC)c(C)c1C. The molecule has 0 aromatic heterocycles. The highest BCUT2D eigenvalue weighted by molar-refractivity contribution is 6.36. The molecule has 1 aromatic carbocycles. The molecule has 6 nitrogen and oxygen atoms in total. The Morgan fingerprint density at radius 3 is 2.22 bits per heavy atom. The van der Waals surface area contributed by atoms with Gasteiger partial charge in [0, 0.05) is 6.07 Å². The standard InChI is InChI=1S/C12H15NO5/c1-6-7(2)10(18-4)8(5-9(6)17-3)13-11(14)12(15)16/h5H,1-4H3,(H,13,14)(H,15,16). The van der Waals surface area contributed by atoms with Crippen LogP contribution in [-0.2, 0) is 9.59 Å². The first-order chi connectivity index (χ1) is 8.42. The Kier molecular flexibility index (Phi) is 4.14. The second-order valence-electron chi connectivity index (χ2n) is 3.67. The quantitative estimate of drug-likeness (QED) is 0.794. The molecule has 0 aliphatic heterocycles. The summed E-state index contributed by atoms with van der Waals surface area (Å²) in [6.45, 7) is 3.65. The van der Waals surface area contributed by atoms with Crippen LogP contribution in [0.25, 0.3) is 0 Å². The molecule has 0 spiro atoms. The van der Waals surface area contributed by atoms with Crippen LogP contribution in [0.15, 0.2) is 6.07 Å². The van der Waals surface area contributed by atoms with E-state index >= 15 is 0 Å². The van der Waals surface area contributed by atoms with E-state index in [4.69, 9.17) is 14.6 Å². The lowest BCUT2D eigenvalue weighted by atomic mass is 10.1. The number of methoxy groups -OCH3 is 2. The number of carboxylic acids is 1. The molecule has 0 saturated carbocycles. The largest absolute Gasteiger partial charge is 0.496 e. The van der Waals surface area contributed by atoms with Gasteiger partial charge in [0.25, 0.3) is 0 Å². The summed E-state index contributed by atoms with van der Waals surface area (Å²) in [5.74, 6) is -1.72. The summed E-state index contributed by atoms with van der Waals surface area (Å²) in [6, 6.07) is 1.53. The van der Waals surface area contributed by atoms with E-state index in [1.165, 1.54) is 20.3 Å². The predicted octanol–water partition coefficient (Wildman–Crippen LogP) is 1.34. The lowest BCUT2D eigenvalue weighted by molar-refractivity contribution is -0.147. The Bertz CT molecular complexity index is 496. The molecule has 0 heterocycles. The Morgan fingerprint density at radius 1 is 1.17 bits per heavy atom. The number of carbonyl (C=O) groups is 2. The highest BCUT2D eigenvalue weighted by atomic mass is 16.5. The molecule has 1 rings (SSSR count). The normalized spacial score (nSPS) is 9.78. The van der Waals surface area contributed by atoms with E-state index in [-0.39, 0.29) is 5.69 Å². The second-order valence-corrected chi connectivity index (χ2v) is 3.67. The van der Waals surface area contributed by atoms with Crippen LogP contribution in [0.3, 0.4) is 0 Å². The first kappa shape index (κ1) is 13.8. The van der Waals surface area contributed by atoms with Gasteiger partial charge in [0.2, 0.25) is 0 Å². The van der Waals surface area contributed by atoms with Gasteiger partial charge in [-0.15, -0.1) is 0 Å². The van der Waals surface area contributed by atoms with Crippen LogP contribution in [0.5, 0.6) is 11.5 Å². The number of rotatable bonds is 3. The van der Waals surface area contributed by atoms with Crippen molar-refractivity contribution in [1.82, 2.24) is 0 Å². The van der Waals surface area contributed by atoms with E-state index in [1.54, 1.807) is 6.92 Å². The number of carboxylic acid groups (broad SMARTS) is 1. The predicted molar refractivity (Wildman–Crippen MR) is 65.3 cm³/mol. The van der Waals surface area contributed by atoms with E-state index in [1.807, 2.05) is 6.92 Å². The van der Waals surface area contributed by atoms with Gasteiger partial charge in [0.05, 0.1) is 19.9 Å². The molecule has 0 aliphatic rings. The Morgan fingerprint density at radius 2 is 1.78 bits per heavy atom. The van der Waals surface area contributed by atoms with Crippen molar-refractivity contribution in [2.75, 3.05) is 19.5 Å². The molecule has 0 radical (unpaired) electrons. The topological polar surface area (TPSA) is 84.9 Å². The van der Waals surface area contributed by atoms with Crippen LogP contribution in [0, 0.1) is 13.8 Å². The van der Waals surface area contributed by atoms with Crippen LogP contribution < -0.4 is 14.8 Å². The minimum absolute atomic E-state index is 0.268. The zero-order valence-electron chi connectivity index (χ0n) is 10.7. The van der Waals surface area contributed by atoms with Crippen molar-refractivity contribution < 1.29 is 24.2 Å². The number of benzene rings is 1. The van der Waals surface area contributed by atoms with Crippen molar-refractivity contribution in [2.24, 2.45) is 0 Å². The number of hydrogen-bond donors (Lipinski definition) is 2. The average molecular weight is 253 g/mol. The third-order valence-corrected chi connectivity index (χ3v) is 2.66. The van der Waals surface area contributed by atoms with Gasteiger partial charge in [-0.3, -0.25) is 4.79 Å². The number of nitrogens with one attached hydrogen (secondary N) is 1. The first-order valence-corrected chi connectivity index (χ1v) is 5.18. The molecule has 2 N–H and O–H groups in total. The minimum Gasteiger partial charge on any atom is -0.496 e. The molecule has 0 atom stereocenters. The molecule has 1 aromatic rings. The highest BCUT2D eigenvalue weighted by Gasteiger charge is 2.18. The molecule has 1 amide bonds. The van der Waals surface area contributed by atoms with Gasteiger partial charge in [-0.05, 0) is 25.0 Å². The molecular formula is C12H15NO5. The monoisotopic (exact) mass is 253 g/mol. The van der Waals surface area contributed by atoms with Crippen LogP contribution in [0.1, 0.15) is 11.1 Å². The van der Waals surface area contributed by atoms with Gasteiger partial charge in [0.15, 0.2) is 0 Å². The summed E-state index contributed by atoms with van der Waals surface area (Å²) in [5, 5.41) is 10.8. The van der Waals surface area contributed by atoms with Gasteiger partial charge in [-0.25, -0.2) is 4.79 Å². The van der Waals surface area contributed by atoms with Gasteiger partial charge in [0.1, 0.15) is 11.5 Å². The van der Waals surface area contributed by atoms with Crippen LogP contribution in [0.2, 0.25) is 0 Å². The lowest BCUT2D eigenvalue weighted by Crippen LogP contribution is -2.22. The zero-order chi connectivity index (χ0) is 13.9. The number of aliphatic carboxylic acids is 1. The summed E-state index contributed by atoms with van der Waals surface area (Å²) in [6.07, 6.45) is 0. The van der Waals surface area contributed by atoms with Crippen molar-refractivity contribution >= 4 is 17.6 Å². The molecule has 6 heteroatoms. The van der Waals surface area contributed by atoms with Gasteiger partial charge < -0.3 is 19.9 Å². The van der Waals surface area contributed by atoms with Crippen LogP contribution in [-0.4, -0.2) is 31.2 Å². The van der Waals surface area contributed by atoms with Crippen LogP contribution in [0.4, 0.5) is 5.69 Å². The number of ether oxygens (including phenoxy) is 2. The average Bonchev–Trinajstić information content (AvgIpc) is 2.33. The second kappa shape index (κ2) is 5.39. The Hall–Kier alpha value is -2.24. The number of amides is 1. The first-order valence-electron chi connectivity index (χ1n) is 5.18. The number of carbonyl (C=O) groups excluding carboxylic acids is 1. The summed E-state index contributed by atoms with van der Waals surface area (Å²) in [7, 11) is 2.95.